The summed E-state index contributed by atoms with van der Waals surface area (Å²) < 4.78 is 0. The number of nitro benzene ring substituents is 1. The maximum Gasteiger partial charge on any atom is 0.270 e. The van der Waals surface area contributed by atoms with Crippen LogP contribution in [0, 0.1) is 16.0 Å². The Bertz CT molecular complexity index is 1230. The van der Waals surface area contributed by atoms with Crippen molar-refractivity contribution >= 4 is 34.8 Å². The highest BCUT2D eigenvalue weighted by Gasteiger charge is 2.38. The summed E-state index contributed by atoms with van der Waals surface area (Å²) in [6, 6.07) is 10.4. The van der Waals surface area contributed by atoms with Crippen LogP contribution in [0.25, 0.3) is 0 Å². The maximum atomic E-state index is 14.0. The lowest BCUT2D eigenvalue weighted by atomic mass is 9.81. The van der Waals surface area contributed by atoms with E-state index in [-0.39, 0.29) is 47.4 Å². The van der Waals surface area contributed by atoms with Gasteiger partial charge in [-0.2, -0.15) is 0 Å². The number of benzene rings is 2. The minimum Gasteiger partial charge on any atom is -0.337 e. The van der Waals surface area contributed by atoms with E-state index in [0.717, 1.165) is 51.6 Å². The Kier molecular flexibility index (Phi) is 7.69. The number of amides is 3. The highest BCUT2D eigenvalue weighted by molar-refractivity contribution is 6.12. The number of nitro groups is 1. The molecule has 3 aliphatic rings. The lowest BCUT2D eigenvalue weighted by Crippen LogP contribution is -2.46. The molecule has 2 N–H and O–H groups in total. The lowest BCUT2D eigenvalue weighted by Gasteiger charge is -2.37. The van der Waals surface area contributed by atoms with Crippen LogP contribution in [0.3, 0.4) is 0 Å². The molecule has 1 aliphatic carbocycles. The topological polar surface area (TPSA) is 125 Å². The first-order valence-corrected chi connectivity index (χ1v) is 13.4. The first-order chi connectivity index (χ1) is 18.4. The van der Waals surface area contributed by atoms with Gasteiger partial charge in [0.2, 0.25) is 5.91 Å². The number of hydrogen-bond acceptors (Lipinski definition) is 6. The number of nitrogens with zero attached hydrogens (tertiary/aromatic N) is 3. The average Bonchev–Trinajstić information content (AvgIpc) is 3.30. The Labute approximate surface area is 221 Å². The molecule has 2 aromatic carbocycles. The van der Waals surface area contributed by atoms with Crippen LogP contribution in [-0.2, 0) is 4.79 Å². The van der Waals surface area contributed by atoms with Crippen LogP contribution in [0.1, 0.15) is 65.7 Å². The van der Waals surface area contributed by atoms with Crippen molar-refractivity contribution in [3.63, 3.8) is 0 Å². The first kappa shape index (κ1) is 25.8. The second-order valence-electron chi connectivity index (χ2n) is 10.3. The fourth-order valence-electron chi connectivity index (χ4n) is 5.92. The van der Waals surface area contributed by atoms with E-state index in [9.17, 15) is 24.5 Å². The van der Waals surface area contributed by atoms with Gasteiger partial charge in [0, 0.05) is 55.4 Å². The van der Waals surface area contributed by atoms with Gasteiger partial charge < -0.3 is 20.4 Å². The number of anilines is 2. The molecular weight excluding hydrogens is 486 g/mol. The van der Waals surface area contributed by atoms with Crippen molar-refractivity contribution < 1.29 is 19.3 Å². The third-order valence-electron chi connectivity index (χ3n) is 7.85. The zero-order valence-corrected chi connectivity index (χ0v) is 21.4. The standard InChI is InChI=1S/C28H33N5O5/c34-26-18-25(19-6-2-1-3-7-19)32(28(36)20-8-4-9-22(16-20)33(37)38)24-11-10-21(17-23(24)30-26)27(35)31-14-5-12-29-13-15-31/h4,8-11,16-17,19,25,29H,1-3,5-7,12-15,18H2,(H,30,34). The van der Waals surface area contributed by atoms with Crippen molar-refractivity contribution in [2.75, 3.05) is 36.4 Å². The molecule has 10 heteroatoms. The predicted octanol–water partition coefficient (Wildman–Crippen LogP) is 3.97. The summed E-state index contributed by atoms with van der Waals surface area (Å²) >= 11 is 0. The Morgan fingerprint density at radius 1 is 0.921 bits per heavy atom. The van der Waals surface area contributed by atoms with Crippen LogP contribution in [-0.4, -0.2) is 59.8 Å². The number of nitrogens with one attached hydrogen (secondary N) is 2. The minimum atomic E-state index is -0.521. The smallest absolute Gasteiger partial charge is 0.270 e. The fourth-order valence-corrected chi connectivity index (χ4v) is 5.92. The Morgan fingerprint density at radius 2 is 1.71 bits per heavy atom. The normalized spacial score (nSPS) is 20.6. The number of fused-ring (bicyclic) bond motifs is 1. The molecule has 2 aliphatic heterocycles. The molecule has 0 spiro atoms. The summed E-state index contributed by atoms with van der Waals surface area (Å²) in [5.74, 6) is -0.580. The number of non-ortho nitro benzene ring substituents is 1. The van der Waals surface area contributed by atoms with Crippen LogP contribution < -0.4 is 15.5 Å². The van der Waals surface area contributed by atoms with Crippen molar-refractivity contribution in [2.45, 2.75) is 51.0 Å². The van der Waals surface area contributed by atoms with Crippen molar-refractivity contribution in [1.82, 2.24) is 10.2 Å². The fraction of sp³-hybridized carbons (Fsp3) is 0.464. The van der Waals surface area contributed by atoms with E-state index in [1.165, 1.54) is 18.2 Å². The van der Waals surface area contributed by atoms with Crippen LogP contribution in [0.2, 0.25) is 0 Å². The Morgan fingerprint density at radius 3 is 2.50 bits per heavy atom. The summed E-state index contributed by atoms with van der Waals surface area (Å²) in [6.07, 6.45) is 6.00. The molecule has 2 aromatic rings. The molecule has 1 unspecified atom stereocenters. The molecule has 0 bridgehead atoms. The predicted molar refractivity (Wildman–Crippen MR) is 143 cm³/mol. The van der Waals surface area contributed by atoms with Gasteiger partial charge in [-0.1, -0.05) is 25.3 Å². The van der Waals surface area contributed by atoms with Crippen LogP contribution in [0.5, 0.6) is 0 Å². The molecule has 0 radical (unpaired) electrons. The van der Waals surface area contributed by atoms with E-state index in [2.05, 4.69) is 10.6 Å². The maximum absolute atomic E-state index is 14.0. The summed E-state index contributed by atoms with van der Waals surface area (Å²) in [5.41, 5.74) is 1.40. The highest BCUT2D eigenvalue weighted by atomic mass is 16.6. The molecule has 3 amide bonds. The second kappa shape index (κ2) is 11.3. The zero-order chi connectivity index (χ0) is 26.6. The van der Waals surface area contributed by atoms with Crippen LogP contribution in [0.15, 0.2) is 42.5 Å². The van der Waals surface area contributed by atoms with Crippen LogP contribution >= 0.6 is 0 Å². The molecule has 1 atom stereocenters. The minimum absolute atomic E-state index is 0.115. The van der Waals surface area contributed by atoms with Gasteiger partial charge in [-0.25, -0.2) is 0 Å². The van der Waals surface area contributed by atoms with Gasteiger partial charge >= 0.3 is 0 Å². The third-order valence-corrected chi connectivity index (χ3v) is 7.85. The van der Waals surface area contributed by atoms with E-state index < -0.39 is 4.92 Å². The summed E-state index contributed by atoms with van der Waals surface area (Å²) in [6.45, 7) is 2.84. The lowest BCUT2D eigenvalue weighted by molar-refractivity contribution is -0.384. The number of hydrogen-bond donors (Lipinski definition) is 2. The number of rotatable bonds is 4. The van der Waals surface area contributed by atoms with Crippen LogP contribution in [0.4, 0.5) is 17.1 Å². The number of carbonyl (C=O) groups excluding carboxylic acids is 3. The molecule has 38 heavy (non-hydrogen) atoms. The molecule has 10 nitrogen and oxygen atoms in total. The SMILES string of the molecule is O=C1CC(C2CCCCC2)N(C(=O)c2cccc([N+](=O)[O-])c2)c2ccc(C(=O)N3CCCNCC3)cc2N1. The Balaban J connectivity index is 1.55. The van der Waals surface area contributed by atoms with Gasteiger partial charge in [0.15, 0.2) is 0 Å². The summed E-state index contributed by atoms with van der Waals surface area (Å²) in [5, 5.41) is 17.6. The highest BCUT2D eigenvalue weighted by Crippen LogP contribution is 2.40. The molecule has 2 fully saturated rings. The molecular formula is C28H33N5O5. The molecule has 1 saturated carbocycles. The molecule has 0 aromatic heterocycles. The van der Waals surface area contributed by atoms with Gasteiger partial charge in [-0.15, -0.1) is 0 Å². The van der Waals surface area contributed by atoms with Gasteiger partial charge in [0.1, 0.15) is 0 Å². The van der Waals surface area contributed by atoms with Gasteiger partial charge in [0.25, 0.3) is 17.5 Å². The largest absolute Gasteiger partial charge is 0.337 e. The summed E-state index contributed by atoms with van der Waals surface area (Å²) in [4.78, 5) is 54.8. The monoisotopic (exact) mass is 519 g/mol. The first-order valence-electron chi connectivity index (χ1n) is 13.4. The Hall–Kier alpha value is -3.79. The molecule has 2 heterocycles. The van der Waals surface area contributed by atoms with Crippen molar-refractivity contribution in [3.05, 3.63) is 63.7 Å². The van der Waals surface area contributed by atoms with E-state index in [0.29, 0.717) is 30.0 Å². The van der Waals surface area contributed by atoms with Gasteiger partial charge in [-0.3, -0.25) is 24.5 Å². The van der Waals surface area contributed by atoms with E-state index in [1.54, 1.807) is 34.1 Å². The van der Waals surface area contributed by atoms with Crippen molar-refractivity contribution in [3.8, 4) is 0 Å². The second-order valence-corrected chi connectivity index (χ2v) is 10.3. The van der Waals surface area contributed by atoms with Crippen molar-refractivity contribution in [1.29, 1.82) is 0 Å². The quantitative estimate of drug-likeness (QED) is 0.465. The van der Waals surface area contributed by atoms with E-state index in [1.807, 2.05) is 0 Å². The zero-order valence-electron chi connectivity index (χ0n) is 21.4. The average molecular weight is 520 g/mol. The van der Waals surface area contributed by atoms with Gasteiger partial charge in [-0.05, 0) is 56.0 Å². The number of carbonyl (C=O) groups is 3. The van der Waals surface area contributed by atoms with Gasteiger partial charge in [0.05, 0.1) is 16.3 Å². The van der Waals surface area contributed by atoms with E-state index >= 15 is 0 Å². The van der Waals surface area contributed by atoms with E-state index in [4.69, 9.17) is 0 Å². The molecule has 200 valence electrons. The van der Waals surface area contributed by atoms with Crippen molar-refractivity contribution in [2.24, 2.45) is 5.92 Å². The third kappa shape index (κ3) is 5.40. The molecule has 5 rings (SSSR count). The summed E-state index contributed by atoms with van der Waals surface area (Å²) in [7, 11) is 0. The molecule has 1 saturated heterocycles.